The Bertz CT molecular complexity index is 1150. The monoisotopic (exact) mass is 508 g/mol. The number of para-hydroxylation sites is 1. The highest BCUT2D eigenvalue weighted by Gasteiger charge is 2.44. The molecule has 9 heteroatoms. The molecule has 1 aliphatic rings. The second-order valence-corrected chi connectivity index (χ2v) is 10.5. The molecule has 1 saturated carbocycles. The lowest BCUT2D eigenvalue weighted by atomic mass is 10.00. The van der Waals surface area contributed by atoms with Crippen molar-refractivity contribution in [2.75, 3.05) is 5.32 Å². The molecule has 0 heterocycles. The molecule has 0 saturated heterocycles. The smallest absolute Gasteiger partial charge is 0.408 e. The van der Waals surface area contributed by atoms with Crippen molar-refractivity contribution in [3.63, 3.8) is 0 Å². The third-order valence-corrected chi connectivity index (χ3v) is 5.91. The second-order valence-electron chi connectivity index (χ2n) is 10.5. The summed E-state index contributed by atoms with van der Waals surface area (Å²) in [6.07, 6.45) is 0.115. The number of amides is 4. The largest absolute Gasteiger partial charge is 0.444 e. The molecule has 0 spiro atoms. The Hall–Kier alpha value is -3.88. The lowest BCUT2D eigenvalue weighted by molar-refractivity contribution is -0.142. The first kappa shape index (κ1) is 27.7. The van der Waals surface area contributed by atoms with E-state index in [1.54, 1.807) is 26.8 Å². The van der Waals surface area contributed by atoms with Gasteiger partial charge in [-0.15, -0.1) is 0 Å². The van der Waals surface area contributed by atoms with Gasteiger partial charge >= 0.3 is 6.09 Å². The molecule has 0 bridgehead atoms. The van der Waals surface area contributed by atoms with Gasteiger partial charge in [0.25, 0.3) is 5.91 Å². The molecule has 1 aliphatic carbocycles. The van der Waals surface area contributed by atoms with Crippen LogP contribution in [0.2, 0.25) is 0 Å². The molecule has 2 unspecified atom stereocenters. The van der Waals surface area contributed by atoms with E-state index in [0.29, 0.717) is 24.1 Å². The molecule has 198 valence electrons. The molecule has 2 atom stereocenters. The van der Waals surface area contributed by atoms with Gasteiger partial charge in [0.15, 0.2) is 0 Å². The van der Waals surface area contributed by atoms with Crippen molar-refractivity contribution in [1.82, 2.24) is 10.2 Å². The van der Waals surface area contributed by atoms with Gasteiger partial charge in [0.2, 0.25) is 11.8 Å². The summed E-state index contributed by atoms with van der Waals surface area (Å²) in [4.78, 5) is 53.6. The van der Waals surface area contributed by atoms with Gasteiger partial charge in [-0.25, -0.2) is 4.79 Å². The normalized spacial score (nSPS) is 14.7. The Labute approximate surface area is 217 Å². The van der Waals surface area contributed by atoms with Gasteiger partial charge in [-0.1, -0.05) is 48.0 Å². The fourth-order valence-corrected chi connectivity index (χ4v) is 4.00. The first-order valence-electron chi connectivity index (χ1n) is 12.4. The number of carbonyl (C=O) groups excluding carboxylic acids is 4. The predicted molar refractivity (Wildman–Crippen MR) is 141 cm³/mol. The minimum Gasteiger partial charge on any atom is -0.444 e. The van der Waals surface area contributed by atoms with Crippen LogP contribution in [0.3, 0.4) is 0 Å². The number of benzene rings is 2. The zero-order valence-corrected chi connectivity index (χ0v) is 22.0. The Morgan fingerprint density at radius 2 is 1.65 bits per heavy atom. The van der Waals surface area contributed by atoms with Gasteiger partial charge in [0, 0.05) is 11.7 Å². The lowest BCUT2D eigenvalue weighted by Gasteiger charge is -2.34. The molecule has 0 radical (unpaired) electrons. The Morgan fingerprint density at radius 3 is 2.19 bits per heavy atom. The van der Waals surface area contributed by atoms with Gasteiger partial charge in [0.05, 0.1) is 6.42 Å². The maximum absolute atomic E-state index is 13.9. The first-order valence-corrected chi connectivity index (χ1v) is 12.4. The number of hydrogen-bond acceptors (Lipinski definition) is 5. The Balaban J connectivity index is 1.99. The summed E-state index contributed by atoms with van der Waals surface area (Å²) in [6.45, 7) is 8.89. The zero-order valence-electron chi connectivity index (χ0n) is 22.0. The van der Waals surface area contributed by atoms with Crippen LogP contribution in [0.5, 0.6) is 0 Å². The zero-order chi connectivity index (χ0) is 27.3. The topological polar surface area (TPSA) is 131 Å². The molecular formula is C28H36N4O5. The van der Waals surface area contributed by atoms with Crippen LogP contribution in [-0.4, -0.2) is 46.4 Å². The molecule has 0 aromatic heterocycles. The Kier molecular flexibility index (Phi) is 8.57. The van der Waals surface area contributed by atoms with E-state index >= 15 is 0 Å². The number of nitrogens with one attached hydrogen (secondary N) is 2. The van der Waals surface area contributed by atoms with Crippen molar-refractivity contribution >= 4 is 29.5 Å². The van der Waals surface area contributed by atoms with Crippen molar-refractivity contribution in [2.45, 2.75) is 77.6 Å². The van der Waals surface area contributed by atoms with Gasteiger partial charge in [0.1, 0.15) is 17.7 Å². The van der Waals surface area contributed by atoms with E-state index in [-0.39, 0.29) is 6.04 Å². The summed E-state index contributed by atoms with van der Waals surface area (Å²) < 4.78 is 5.30. The van der Waals surface area contributed by atoms with E-state index in [1.165, 1.54) is 4.90 Å². The van der Waals surface area contributed by atoms with Crippen LogP contribution < -0.4 is 16.4 Å². The molecule has 9 nitrogen and oxygen atoms in total. The lowest BCUT2D eigenvalue weighted by Crippen LogP contribution is -2.54. The molecule has 37 heavy (non-hydrogen) atoms. The molecule has 2 aromatic rings. The number of anilines is 1. The predicted octanol–water partition coefficient (Wildman–Crippen LogP) is 3.74. The third kappa shape index (κ3) is 7.80. The highest BCUT2D eigenvalue weighted by Crippen LogP contribution is 2.36. The second kappa shape index (κ2) is 11.5. The minimum absolute atomic E-state index is 0.225. The van der Waals surface area contributed by atoms with E-state index in [2.05, 4.69) is 10.6 Å². The van der Waals surface area contributed by atoms with Crippen molar-refractivity contribution in [1.29, 1.82) is 0 Å². The van der Waals surface area contributed by atoms with E-state index in [4.69, 9.17) is 10.5 Å². The molecule has 4 amide bonds. The third-order valence-electron chi connectivity index (χ3n) is 5.91. The van der Waals surface area contributed by atoms with Crippen LogP contribution in [-0.2, 0) is 19.1 Å². The number of rotatable bonds is 9. The minimum atomic E-state index is -1.29. The van der Waals surface area contributed by atoms with Crippen LogP contribution in [0.15, 0.2) is 48.5 Å². The maximum atomic E-state index is 13.9. The van der Waals surface area contributed by atoms with E-state index < -0.39 is 47.9 Å². The van der Waals surface area contributed by atoms with Gasteiger partial charge in [-0.05, 0) is 64.7 Å². The summed E-state index contributed by atoms with van der Waals surface area (Å²) in [6, 6.07) is 12.2. The average molecular weight is 509 g/mol. The van der Waals surface area contributed by atoms with Crippen molar-refractivity contribution in [3.8, 4) is 0 Å². The van der Waals surface area contributed by atoms with Crippen molar-refractivity contribution in [2.24, 2.45) is 5.73 Å². The van der Waals surface area contributed by atoms with Gasteiger partial charge < -0.3 is 26.0 Å². The SMILES string of the molecule is Cc1ccc(C(C(=O)Nc2ccccc2C)N(C(=O)C(CC(N)=O)NC(=O)OC(C)(C)C)C2CC2)cc1. The summed E-state index contributed by atoms with van der Waals surface area (Å²) >= 11 is 0. The highest BCUT2D eigenvalue weighted by atomic mass is 16.6. The fraction of sp³-hybridized carbons (Fsp3) is 0.429. The summed E-state index contributed by atoms with van der Waals surface area (Å²) in [5, 5.41) is 5.45. The first-order chi connectivity index (χ1) is 17.4. The number of nitrogens with zero attached hydrogens (tertiary/aromatic N) is 1. The molecule has 4 N–H and O–H groups in total. The molecule has 1 fully saturated rings. The summed E-state index contributed by atoms with van der Waals surface area (Å²) in [7, 11) is 0. The number of alkyl carbamates (subject to hydrolysis) is 1. The van der Waals surface area contributed by atoms with Crippen LogP contribution in [0.25, 0.3) is 0 Å². The number of aryl methyl sites for hydroxylation is 2. The van der Waals surface area contributed by atoms with E-state index in [9.17, 15) is 19.2 Å². The standard InChI is InChI=1S/C28H36N4O5/c1-17-10-12-19(13-11-17)24(25(34)30-21-9-7-6-8-18(21)2)32(20-14-15-20)26(35)22(16-23(29)33)31-27(36)37-28(3,4)5/h6-13,20,22,24H,14-16H2,1-5H3,(H2,29,33)(H,30,34)(H,31,36). The number of ether oxygens (including phenoxy) is 1. The number of hydrogen-bond donors (Lipinski definition) is 3. The van der Waals surface area contributed by atoms with Crippen molar-refractivity contribution < 1.29 is 23.9 Å². The maximum Gasteiger partial charge on any atom is 0.408 e. The highest BCUT2D eigenvalue weighted by molar-refractivity contribution is 6.00. The quantitative estimate of drug-likeness (QED) is 0.475. The summed E-state index contributed by atoms with van der Waals surface area (Å²) in [5.41, 5.74) is 7.75. The van der Waals surface area contributed by atoms with Crippen LogP contribution in [0, 0.1) is 13.8 Å². The summed E-state index contributed by atoms with van der Waals surface area (Å²) in [5.74, 6) is -1.73. The molecule has 2 aromatic carbocycles. The van der Waals surface area contributed by atoms with Crippen LogP contribution >= 0.6 is 0 Å². The number of primary amides is 1. The molecule has 0 aliphatic heterocycles. The van der Waals surface area contributed by atoms with Gasteiger partial charge in [-0.2, -0.15) is 0 Å². The average Bonchev–Trinajstić information content (AvgIpc) is 3.62. The number of nitrogens with two attached hydrogens (primary N) is 1. The molecule has 3 rings (SSSR count). The van der Waals surface area contributed by atoms with Crippen LogP contribution in [0.4, 0.5) is 10.5 Å². The van der Waals surface area contributed by atoms with E-state index in [0.717, 1.165) is 11.1 Å². The fourth-order valence-electron chi connectivity index (χ4n) is 4.00. The van der Waals surface area contributed by atoms with Crippen molar-refractivity contribution in [3.05, 3.63) is 65.2 Å². The van der Waals surface area contributed by atoms with Gasteiger partial charge in [-0.3, -0.25) is 14.4 Å². The number of carbonyl (C=O) groups is 4. The molecular weight excluding hydrogens is 472 g/mol. The Morgan fingerprint density at radius 1 is 1.03 bits per heavy atom. The van der Waals surface area contributed by atoms with E-state index in [1.807, 2.05) is 56.3 Å². The van der Waals surface area contributed by atoms with Crippen LogP contribution in [0.1, 0.15) is 62.8 Å².